The Morgan fingerprint density at radius 3 is 2.85 bits per heavy atom. The Balaban J connectivity index is 1.64. The molecule has 1 aliphatic rings. The van der Waals surface area contributed by atoms with Gasteiger partial charge in [0, 0.05) is 5.56 Å². The highest BCUT2D eigenvalue weighted by Crippen LogP contribution is 2.25. The van der Waals surface area contributed by atoms with Crippen molar-refractivity contribution in [1.29, 1.82) is 0 Å². The molecule has 0 saturated heterocycles. The van der Waals surface area contributed by atoms with Gasteiger partial charge in [0.1, 0.15) is 6.61 Å². The molecule has 0 unspecified atom stereocenters. The number of hydrogen-bond donors (Lipinski definition) is 2. The lowest BCUT2D eigenvalue weighted by Gasteiger charge is -2.02. The highest BCUT2D eigenvalue weighted by molar-refractivity contribution is 6.12. The minimum Gasteiger partial charge on any atom is -0.388 e. The molecule has 1 aliphatic carbocycles. The number of nitrogens with one attached hydrogen (secondary N) is 1. The third-order valence-electron chi connectivity index (χ3n) is 4.01. The van der Waals surface area contributed by atoms with Crippen LogP contribution in [-0.2, 0) is 11.2 Å². The molecule has 0 fully saturated rings. The molecule has 2 aromatic rings. The molecular weight excluding hydrogens is 328 g/mol. The lowest BCUT2D eigenvalue weighted by Crippen LogP contribution is -2.17. The van der Waals surface area contributed by atoms with Crippen LogP contribution in [-0.4, -0.2) is 29.6 Å². The van der Waals surface area contributed by atoms with Crippen molar-refractivity contribution in [1.82, 2.24) is 5.43 Å². The van der Waals surface area contributed by atoms with Crippen LogP contribution in [0, 0.1) is 0 Å². The second kappa shape index (κ2) is 8.18. The molecule has 0 saturated carbocycles. The predicted molar refractivity (Wildman–Crippen MR) is 102 cm³/mol. The summed E-state index contributed by atoms with van der Waals surface area (Å²) in [7, 11) is 0. The van der Waals surface area contributed by atoms with Crippen molar-refractivity contribution < 1.29 is 14.7 Å². The zero-order valence-corrected chi connectivity index (χ0v) is 14.1. The molecule has 0 atom stereocenters. The molecule has 0 aromatic heterocycles. The van der Waals surface area contributed by atoms with Gasteiger partial charge in [0.2, 0.25) is 0 Å². The molecule has 3 rings (SSSR count). The third kappa shape index (κ3) is 4.20. The van der Waals surface area contributed by atoms with Gasteiger partial charge in [-0.3, -0.25) is 9.59 Å². The van der Waals surface area contributed by atoms with E-state index < -0.39 is 12.4 Å². The van der Waals surface area contributed by atoms with E-state index >= 15 is 0 Å². The molecule has 0 heterocycles. The van der Waals surface area contributed by atoms with Crippen molar-refractivity contribution in [2.24, 2.45) is 5.10 Å². The van der Waals surface area contributed by atoms with Crippen LogP contribution in [0.3, 0.4) is 0 Å². The number of nitrogens with zero attached hydrogens (tertiary/aromatic N) is 1. The second-order valence-electron chi connectivity index (χ2n) is 5.80. The van der Waals surface area contributed by atoms with E-state index in [0.717, 1.165) is 17.6 Å². The van der Waals surface area contributed by atoms with E-state index in [9.17, 15) is 9.59 Å². The first-order valence-electron chi connectivity index (χ1n) is 8.21. The maximum absolute atomic E-state index is 12.2. The quantitative estimate of drug-likeness (QED) is 0.479. The van der Waals surface area contributed by atoms with Crippen molar-refractivity contribution in [2.75, 3.05) is 6.61 Å². The van der Waals surface area contributed by atoms with E-state index in [-0.39, 0.29) is 5.91 Å². The fraction of sp³-hybridized carbons (Fsp3) is 0.0952. The molecule has 0 bridgehead atoms. The summed E-state index contributed by atoms with van der Waals surface area (Å²) in [6.45, 7) is -0.537. The van der Waals surface area contributed by atoms with Crippen molar-refractivity contribution in [3.8, 4) is 0 Å². The molecule has 130 valence electrons. The Morgan fingerprint density at radius 1 is 1.15 bits per heavy atom. The van der Waals surface area contributed by atoms with E-state index in [0.29, 0.717) is 11.1 Å². The molecule has 0 spiro atoms. The summed E-state index contributed by atoms with van der Waals surface area (Å²) in [5, 5.41) is 12.8. The molecule has 2 aromatic carbocycles. The lowest BCUT2D eigenvalue weighted by molar-refractivity contribution is -0.117. The van der Waals surface area contributed by atoms with Crippen molar-refractivity contribution in [3.05, 3.63) is 82.9 Å². The van der Waals surface area contributed by atoms with Crippen LogP contribution in [0.4, 0.5) is 0 Å². The topological polar surface area (TPSA) is 78.8 Å². The average Bonchev–Trinajstić information content (AvgIpc) is 3.09. The van der Waals surface area contributed by atoms with Gasteiger partial charge >= 0.3 is 0 Å². The van der Waals surface area contributed by atoms with E-state index in [4.69, 9.17) is 5.11 Å². The smallest absolute Gasteiger partial charge is 0.271 e. The van der Waals surface area contributed by atoms with Crippen LogP contribution in [0.15, 0.2) is 65.8 Å². The minimum absolute atomic E-state index is 0.336. The number of carbonyl (C=O) groups is 2. The number of benzene rings is 2. The maximum atomic E-state index is 12.2. The summed E-state index contributed by atoms with van der Waals surface area (Å²) in [5.74, 6) is -0.730. The van der Waals surface area contributed by atoms with Crippen LogP contribution in [0.1, 0.15) is 27.0 Å². The summed E-state index contributed by atoms with van der Waals surface area (Å²) >= 11 is 0. The number of fused-ring (bicyclic) bond motifs is 1. The zero-order valence-electron chi connectivity index (χ0n) is 14.1. The molecule has 0 aliphatic heterocycles. The summed E-state index contributed by atoms with van der Waals surface area (Å²) in [6, 6.07) is 14.9. The summed E-state index contributed by atoms with van der Waals surface area (Å²) < 4.78 is 0. The van der Waals surface area contributed by atoms with E-state index in [1.165, 1.54) is 11.6 Å². The summed E-state index contributed by atoms with van der Waals surface area (Å²) in [6.07, 6.45) is 7.42. The SMILES string of the molecule is O=C(/C=C/c1cccc(C(=O)N/N=C/C2=CCc3ccccc32)c1)CO. The van der Waals surface area contributed by atoms with Crippen LogP contribution >= 0.6 is 0 Å². The van der Waals surface area contributed by atoms with E-state index in [1.54, 1.807) is 36.6 Å². The first-order chi connectivity index (χ1) is 12.7. The zero-order chi connectivity index (χ0) is 18.4. The van der Waals surface area contributed by atoms with Crippen LogP contribution in [0.2, 0.25) is 0 Å². The van der Waals surface area contributed by atoms with Gasteiger partial charge in [0.15, 0.2) is 5.78 Å². The molecule has 5 heteroatoms. The summed E-state index contributed by atoms with van der Waals surface area (Å²) in [5.41, 5.74) is 7.01. The van der Waals surface area contributed by atoms with Gasteiger partial charge in [-0.2, -0.15) is 5.10 Å². The van der Waals surface area contributed by atoms with E-state index in [2.05, 4.69) is 22.7 Å². The highest BCUT2D eigenvalue weighted by Gasteiger charge is 2.11. The fourth-order valence-electron chi connectivity index (χ4n) is 2.68. The van der Waals surface area contributed by atoms with Gasteiger partial charge in [0.25, 0.3) is 5.91 Å². The van der Waals surface area contributed by atoms with Gasteiger partial charge in [-0.15, -0.1) is 0 Å². The number of amides is 1. The van der Waals surface area contributed by atoms with Crippen molar-refractivity contribution in [3.63, 3.8) is 0 Å². The van der Waals surface area contributed by atoms with Crippen molar-refractivity contribution in [2.45, 2.75) is 6.42 Å². The molecule has 2 N–H and O–H groups in total. The Morgan fingerprint density at radius 2 is 2.00 bits per heavy atom. The number of allylic oxidation sites excluding steroid dienone is 2. The monoisotopic (exact) mass is 346 g/mol. The van der Waals surface area contributed by atoms with Crippen LogP contribution in [0.25, 0.3) is 11.6 Å². The van der Waals surface area contributed by atoms with Gasteiger partial charge < -0.3 is 5.11 Å². The lowest BCUT2D eigenvalue weighted by atomic mass is 10.1. The predicted octanol–water partition coefficient (Wildman–Crippen LogP) is 2.62. The molecule has 26 heavy (non-hydrogen) atoms. The van der Waals surface area contributed by atoms with Crippen LogP contribution < -0.4 is 5.43 Å². The summed E-state index contributed by atoms with van der Waals surface area (Å²) in [4.78, 5) is 23.4. The van der Waals surface area contributed by atoms with Gasteiger partial charge in [-0.05, 0) is 46.9 Å². The molecule has 1 amide bonds. The third-order valence-corrected chi connectivity index (χ3v) is 4.01. The molecule has 5 nitrogen and oxygen atoms in total. The van der Waals surface area contributed by atoms with E-state index in [1.807, 2.05) is 18.2 Å². The fourth-order valence-corrected chi connectivity index (χ4v) is 2.68. The number of rotatable bonds is 6. The Labute approximate surface area is 151 Å². The number of hydrogen-bond acceptors (Lipinski definition) is 4. The Hall–Kier alpha value is -3.31. The van der Waals surface area contributed by atoms with Gasteiger partial charge in [-0.25, -0.2) is 5.43 Å². The highest BCUT2D eigenvalue weighted by atomic mass is 16.3. The first-order valence-corrected chi connectivity index (χ1v) is 8.21. The largest absolute Gasteiger partial charge is 0.388 e. The Kier molecular flexibility index (Phi) is 5.51. The van der Waals surface area contributed by atoms with Crippen LogP contribution in [0.5, 0.6) is 0 Å². The molecular formula is C21H18N2O3. The normalized spacial score (nSPS) is 13.0. The number of aliphatic hydroxyl groups excluding tert-OH is 1. The second-order valence-corrected chi connectivity index (χ2v) is 5.80. The number of ketones is 1. The van der Waals surface area contributed by atoms with Crippen molar-refractivity contribution >= 4 is 29.6 Å². The first kappa shape index (κ1) is 17.5. The van der Waals surface area contributed by atoms with Gasteiger partial charge in [-0.1, -0.05) is 48.6 Å². The number of carbonyl (C=O) groups excluding carboxylic acids is 2. The number of hydrazone groups is 1. The Bertz CT molecular complexity index is 926. The molecule has 0 radical (unpaired) electrons. The number of aliphatic hydroxyl groups is 1. The standard InChI is InChI=1S/C21H18N2O3/c24-14-19(25)11-8-15-4-3-6-17(12-15)21(26)23-22-13-18-10-9-16-5-1-2-7-20(16)18/h1-8,10-13,24H,9,14H2,(H,23,26)/b11-8+,22-13+. The minimum atomic E-state index is -0.537. The average molecular weight is 346 g/mol. The maximum Gasteiger partial charge on any atom is 0.271 e. The van der Waals surface area contributed by atoms with Gasteiger partial charge in [0.05, 0.1) is 6.21 Å².